The van der Waals surface area contributed by atoms with Crippen LogP contribution in [0.3, 0.4) is 0 Å². The summed E-state index contributed by atoms with van der Waals surface area (Å²) in [6.45, 7) is 11.7. The van der Waals surface area contributed by atoms with Crippen LogP contribution in [0.5, 0.6) is 0 Å². The van der Waals surface area contributed by atoms with Gasteiger partial charge in [0.25, 0.3) is 0 Å². The molecule has 1 rings (SSSR count). The number of rotatable bonds is 6. The van der Waals surface area contributed by atoms with E-state index in [1.807, 2.05) is 0 Å². The van der Waals surface area contributed by atoms with Crippen LogP contribution in [0, 0.1) is 13.8 Å². The Hall–Kier alpha value is -1.22. The minimum absolute atomic E-state index is 0.264. The second-order valence-electron chi connectivity index (χ2n) is 4.85. The molecule has 0 spiro atoms. The van der Waals surface area contributed by atoms with Gasteiger partial charge in [-0.1, -0.05) is 25.1 Å². The third-order valence-corrected chi connectivity index (χ3v) is 3.39. The Labute approximate surface area is 111 Å². The Morgan fingerprint density at radius 1 is 1.28 bits per heavy atom. The summed E-state index contributed by atoms with van der Waals surface area (Å²) in [7, 11) is 1.73. The van der Waals surface area contributed by atoms with Crippen LogP contribution in [-0.4, -0.2) is 31.1 Å². The number of nitrogens with zero attached hydrogens (tertiary/aromatic N) is 3. The molecule has 3 heteroatoms. The summed E-state index contributed by atoms with van der Waals surface area (Å²) in [5.74, 6) is 0. The molecule has 0 aromatic heterocycles. The standard InChI is InChI=1S/C15H25N3/c1-6-18(10-13(3)17-16-5)11-15-9-7-8-12(2)14(15)4/h7-9,13H,6,10-11H2,1-5H3. The molecule has 0 saturated heterocycles. The fourth-order valence-electron chi connectivity index (χ4n) is 2.14. The second-order valence-corrected chi connectivity index (χ2v) is 4.85. The summed E-state index contributed by atoms with van der Waals surface area (Å²) in [5, 5.41) is 8.04. The molecule has 0 saturated carbocycles. The minimum Gasteiger partial charge on any atom is -0.297 e. The summed E-state index contributed by atoms with van der Waals surface area (Å²) in [5.41, 5.74) is 4.18. The van der Waals surface area contributed by atoms with E-state index in [9.17, 15) is 0 Å². The first kappa shape index (κ1) is 14.8. The zero-order chi connectivity index (χ0) is 13.5. The van der Waals surface area contributed by atoms with Gasteiger partial charge in [0.05, 0.1) is 6.04 Å². The molecule has 0 N–H and O–H groups in total. The van der Waals surface area contributed by atoms with E-state index in [1.54, 1.807) is 7.05 Å². The van der Waals surface area contributed by atoms with Crippen molar-refractivity contribution >= 4 is 0 Å². The molecule has 0 heterocycles. The van der Waals surface area contributed by atoms with E-state index in [2.05, 4.69) is 61.0 Å². The van der Waals surface area contributed by atoms with Gasteiger partial charge in [0.15, 0.2) is 0 Å². The van der Waals surface area contributed by atoms with Gasteiger partial charge in [-0.3, -0.25) is 4.90 Å². The van der Waals surface area contributed by atoms with Gasteiger partial charge in [-0.05, 0) is 44.0 Å². The second kappa shape index (κ2) is 7.27. The molecule has 3 nitrogen and oxygen atoms in total. The van der Waals surface area contributed by atoms with Crippen molar-refractivity contribution in [1.82, 2.24) is 4.90 Å². The highest BCUT2D eigenvalue weighted by atomic mass is 15.2. The average molecular weight is 247 g/mol. The first-order valence-electron chi connectivity index (χ1n) is 6.64. The van der Waals surface area contributed by atoms with Crippen LogP contribution in [0.2, 0.25) is 0 Å². The predicted molar refractivity (Wildman–Crippen MR) is 77.1 cm³/mol. The van der Waals surface area contributed by atoms with Crippen LogP contribution < -0.4 is 0 Å². The van der Waals surface area contributed by atoms with Gasteiger partial charge < -0.3 is 0 Å². The Morgan fingerprint density at radius 3 is 2.61 bits per heavy atom. The zero-order valence-electron chi connectivity index (χ0n) is 12.3. The third kappa shape index (κ3) is 4.22. The lowest BCUT2D eigenvalue weighted by Gasteiger charge is -2.23. The van der Waals surface area contributed by atoms with Crippen molar-refractivity contribution < 1.29 is 0 Å². The lowest BCUT2D eigenvalue weighted by atomic mass is 10.0. The van der Waals surface area contributed by atoms with Gasteiger partial charge in [0, 0.05) is 20.1 Å². The van der Waals surface area contributed by atoms with Gasteiger partial charge >= 0.3 is 0 Å². The van der Waals surface area contributed by atoms with E-state index in [-0.39, 0.29) is 6.04 Å². The normalized spacial score (nSPS) is 13.4. The molecule has 100 valence electrons. The van der Waals surface area contributed by atoms with Crippen molar-refractivity contribution in [3.63, 3.8) is 0 Å². The summed E-state index contributed by atoms with van der Waals surface area (Å²) < 4.78 is 0. The molecule has 0 aliphatic rings. The Kier molecular flexibility index (Phi) is 5.99. The van der Waals surface area contributed by atoms with Crippen molar-refractivity contribution in [2.45, 2.75) is 40.3 Å². The van der Waals surface area contributed by atoms with Crippen LogP contribution in [0.4, 0.5) is 0 Å². The molecule has 0 bridgehead atoms. The van der Waals surface area contributed by atoms with Crippen molar-refractivity contribution in [2.24, 2.45) is 10.2 Å². The fraction of sp³-hybridized carbons (Fsp3) is 0.600. The zero-order valence-corrected chi connectivity index (χ0v) is 12.3. The maximum Gasteiger partial charge on any atom is 0.0806 e. The van der Waals surface area contributed by atoms with Crippen molar-refractivity contribution in [3.05, 3.63) is 34.9 Å². The van der Waals surface area contributed by atoms with E-state index >= 15 is 0 Å². The number of azo groups is 1. The monoisotopic (exact) mass is 247 g/mol. The summed E-state index contributed by atoms with van der Waals surface area (Å²) >= 11 is 0. The summed E-state index contributed by atoms with van der Waals surface area (Å²) in [6, 6.07) is 6.79. The Bertz CT molecular complexity index is 399. The topological polar surface area (TPSA) is 28.0 Å². The number of hydrogen-bond acceptors (Lipinski definition) is 3. The number of benzene rings is 1. The van der Waals surface area contributed by atoms with Gasteiger partial charge in [0.1, 0.15) is 0 Å². The quantitative estimate of drug-likeness (QED) is 0.706. The largest absolute Gasteiger partial charge is 0.297 e. The van der Waals surface area contributed by atoms with Gasteiger partial charge in [-0.25, -0.2) is 0 Å². The lowest BCUT2D eigenvalue weighted by molar-refractivity contribution is 0.264. The fourth-order valence-corrected chi connectivity index (χ4v) is 2.14. The number of aryl methyl sites for hydroxylation is 1. The van der Waals surface area contributed by atoms with Crippen LogP contribution >= 0.6 is 0 Å². The summed E-state index contributed by atoms with van der Waals surface area (Å²) in [4.78, 5) is 2.42. The highest BCUT2D eigenvalue weighted by Gasteiger charge is 2.10. The molecule has 0 amide bonds. The summed E-state index contributed by atoms with van der Waals surface area (Å²) in [6.07, 6.45) is 0. The van der Waals surface area contributed by atoms with Crippen LogP contribution in [0.25, 0.3) is 0 Å². The first-order valence-corrected chi connectivity index (χ1v) is 6.64. The number of hydrogen-bond donors (Lipinski definition) is 0. The lowest BCUT2D eigenvalue weighted by Crippen LogP contribution is -2.30. The van der Waals surface area contributed by atoms with Gasteiger partial charge in [-0.15, -0.1) is 0 Å². The van der Waals surface area contributed by atoms with Crippen molar-refractivity contribution in [2.75, 3.05) is 20.1 Å². The highest BCUT2D eigenvalue weighted by Crippen LogP contribution is 2.15. The minimum atomic E-state index is 0.264. The molecule has 0 fully saturated rings. The van der Waals surface area contributed by atoms with E-state index in [0.29, 0.717) is 0 Å². The van der Waals surface area contributed by atoms with E-state index in [0.717, 1.165) is 19.6 Å². The molecular weight excluding hydrogens is 222 g/mol. The molecule has 0 radical (unpaired) electrons. The SMILES string of the molecule is CCN(Cc1cccc(C)c1C)CC(C)N=NC. The predicted octanol–water partition coefficient (Wildman–Crippen LogP) is 3.60. The molecular formula is C15H25N3. The van der Waals surface area contributed by atoms with Crippen molar-refractivity contribution in [1.29, 1.82) is 0 Å². The molecule has 18 heavy (non-hydrogen) atoms. The molecule has 1 atom stereocenters. The molecule has 1 aromatic carbocycles. The maximum atomic E-state index is 4.18. The smallest absolute Gasteiger partial charge is 0.0806 e. The van der Waals surface area contributed by atoms with Gasteiger partial charge in [-0.2, -0.15) is 10.2 Å². The van der Waals surface area contributed by atoms with Crippen molar-refractivity contribution in [3.8, 4) is 0 Å². The van der Waals surface area contributed by atoms with E-state index < -0.39 is 0 Å². The average Bonchev–Trinajstić information content (AvgIpc) is 2.34. The third-order valence-electron chi connectivity index (χ3n) is 3.39. The maximum absolute atomic E-state index is 4.18. The molecule has 1 unspecified atom stereocenters. The Balaban J connectivity index is 2.71. The molecule has 0 aliphatic carbocycles. The van der Waals surface area contributed by atoms with Crippen LogP contribution in [0.15, 0.2) is 28.4 Å². The van der Waals surface area contributed by atoms with Crippen LogP contribution in [-0.2, 0) is 6.54 Å². The van der Waals surface area contributed by atoms with E-state index in [4.69, 9.17) is 0 Å². The molecule has 0 aliphatic heterocycles. The number of likely N-dealkylation sites (N-methyl/N-ethyl adjacent to an activating group) is 1. The van der Waals surface area contributed by atoms with Crippen LogP contribution in [0.1, 0.15) is 30.5 Å². The van der Waals surface area contributed by atoms with Gasteiger partial charge in [0.2, 0.25) is 0 Å². The van der Waals surface area contributed by atoms with E-state index in [1.165, 1.54) is 16.7 Å². The molecule has 1 aromatic rings. The Morgan fingerprint density at radius 2 is 2.00 bits per heavy atom. The highest BCUT2D eigenvalue weighted by molar-refractivity contribution is 5.32. The first-order chi connectivity index (χ1) is 8.58.